The van der Waals surface area contributed by atoms with E-state index in [0.717, 1.165) is 10.1 Å². The maximum Gasteiger partial charge on any atom is 0.332 e. The summed E-state index contributed by atoms with van der Waals surface area (Å²) in [6.45, 7) is 7.68. The lowest BCUT2D eigenvalue weighted by atomic mass is 9.66. The molecule has 0 saturated carbocycles. The number of halogens is 1. The Hall–Kier alpha value is -4.97. The van der Waals surface area contributed by atoms with Crippen LogP contribution in [0.15, 0.2) is 57.3 Å². The van der Waals surface area contributed by atoms with Gasteiger partial charge in [-0.1, -0.05) is 31.2 Å². The van der Waals surface area contributed by atoms with Gasteiger partial charge in [0.05, 0.1) is 26.9 Å². The highest BCUT2D eigenvalue weighted by molar-refractivity contribution is 6.36. The zero-order valence-electron chi connectivity index (χ0n) is 27.0. The molecule has 0 radical (unpaired) electrons. The Morgan fingerprint density at radius 3 is 2.32 bits per heavy atom. The van der Waals surface area contributed by atoms with E-state index < -0.39 is 40.3 Å². The minimum atomic E-state index is -2.03. The molecule has 1 N–H and O–H groups in total. The van der Waals surface area contributed by atoms with Crippen LogP contribution in [0.3, 0.4) is 0 Å². The Kier molecular flexibility index (Phi) is 7.74. The average molecular weight is 664 g/mol. The van der Waals surface area contributed by atoms with Crippen LogP contribution in [-0.2, 0) is 18.9 Å². The Morgan fingerprint density at radius 1 is 1.00 bits per heavy atom. The van der Waals surface area contributed by atoms with Gasteiger partial charge in [-0.05, 0) is 36.6 Å². The van der Waals surface area contributed by atoms with E-state index >= 15 is 4.79 Å². The van der Waals surface area contributed by atoms with Gasteiger partial charge < -0.3 is 29.0 Å². The lowest BCUT2D eigenvalue weighted by Crippen LogP contribution is -2.58. The molecule has 0 saturated heterocycles. The third-order valence-corrected chi connectivity index (χ3v) is 9.43. The minimum Gasteiger partial charge on any atom is -0.496 e. The number of anilines is 1. The predicted octanol–water partition coefficient (Wildman–Crippen LogP) is 4.15. The molecule has 3 unspecified atom stereocenters. The van der Waals surface area contributed by atoms with Crippen molar-refractivity contribution in [2.24, 2.45) is 20.0 Å². The van der Waals surface area contributed by atoms with E-state index in [4.69, 9.17) is 35.3 Å². The van der Waals surface area contributed by atoms with Crippen LogP contribution in [0, 0.1) is 5.92 Å². The SMILES string of the molecule is C=C(C)COc1ccc(C2C3=C(CC(C)C4(Oc5c(Cl)c(OC)cc(OC)c5C4=O)C3=O)Nc3c2c(=O)n(C)c(=O)n3C)cc1OC. The van der Waals surface area contributed by atoms with Crippen LogP contribution < -0.4 is 40.3 Å². The second-order valence-electron chi connectivity index (χ2n) is 12.0. The van der Waals surface area contributed by atoms with Gasteiger partial charge >= 0.3 is 5.69 Å². The van der Waals surface area contributed by atoms with Gasteiger partial charge in [0.25, 0.3) is 5.56 Å². The molecule has 1 aromatic heterocycles. The lowest BCUT2D eigenvalue weighted by molar-refractivity contribution is -0.130. The fourth-order valence-corrected chi connectivity index (χ4v) is 6.97. The van der Waals surface area contributed by atoms with Crippen molar-refractivity contribution in [3.8, 4) is 28.7 Å². The number of hydrogen-bond donors (Lipinski definition) is 1. The number of carbonyl (C=O) groups is 2. The summed E-state index contributed by atoms with van der Waals surface area (Å²) in [5, 5.41) is 3.23. The monoisotopic (exact) mass is 663 g/mol. The van der Waals surface area contributed by atoms with Crippen molar-refractivity contribution in [3.63, 3.8) is 0 Å². The van der Waals surface area contributed by atoms with Gasteiger partial charge in [-0.3, -0.25) is 23.5 Å². The van der Waals surface area contributed by atoms with Crippen molar-refractivity contribution in [2.75, 3.05) is 33.3 Å². The van der Waals surface area contributed by atoms with E-state index in [0.29, 0.717) is 22.8 Å². The highest BCUT2D eigenvalue weighted by Crippen LogP contribution is 2.56. The molecule has 0 fully saturated rings. The molecule has 246 valence electrons. The van der Waals surface area contributed by atoms with Gasteiger partial charge in [0, 0.05) is 43.3 Å². The van der Waals surface area contributed by atoms with Crippen LogP contribution in [0.1, 0.15) is 47.7 Å². The number of nitrogens with one attached hydrogen (secondary N) is 1. The summed E-state index contributed by atoms with van der Waals surface area (Å²) in [5.41, 5.74) is -1.11. The van der Waals surface area contributed by atoms with Crippen LogP contribution in [0.25, 0.3) is 0 Å². The highest BCUT2D eigenvalue weighted by atomic mass is 35.5. The zero-order valence-corrected chi connectivity index (χ0v) is 27.8. The highest BCUT2D eigenvalue weighted by Gasteiger charge is 2.63. The first-order valence-electron chi connectivity index (χ1n) is 14.8. The summed E-state index contributed by atoms with van der Waals surface area (Å²) in [4.78, 5) is 56.5. The fourth-order valence-electron chi connectivity index (χ4n) is 6.71. The molecule has 0 bridgehead atoms. The number of ketones is 2. The Bertz CT molecular complexity index is 2060. The minimum absolute atomic E-state index is 0.0168. The molecule has 3 heterocycles. The molecule has 47 heavy (non-hydrogen) atoms. The van der Waals surface area contributed by atoms with Gasteiger partial charge in [-0.25, -0.2) is 4.79 Å². The van der Waals surface area contributed by atoms with Crippen LogP contribution in [-0.4, -0.2) is 54.2 Å². The molecule has 6 rings (SSSR count). The van der Waals surface area contributed by atoms with E-state index in [2.05, 4.69) is 11.9 Å². The molecule has 2 aromatic carbocycles. The van der Waals surface area contributed by atoms with Gasteiger partial charge in [-0.15, -0.1) is 0 Å². The molecular weight excluding hydrogens is 630 g/mol. The molecule has 3 aromatic rings. The summed E-state index contributed by atoms with van der Waals surface area (Å²) in [6, 6.07) is 6.55. The first-order valence-corrected chi connectivity index (χ1v) is 15.2. The average Bonchev–Trinajstić information content (AvgIpc) is 3.38. The van der Waals surface area contributed by atoms with E-state index in [-0.39, 0.29) is 57.8 Å². The molecule has 1 aliphatic carbocycles. The van der Waals surface area contributed by atoms with Gasteiger partial charge in [0.2, 0.25) is 17.2 Å². The largest absolute Gasteiger partial charge is 0.496 e. The second kappa shape index (κ2) is 11.4. The Morgan fingerprint density at radius 2 is 1.68 bits per heavy atom. The zero-order chi connectivity index (χ0) is 34.1. The summed E-state index contributed by atoms with van der Waals surface area (Å²) >= 11 is 6.64. The number of fused-ring (bicyclic) bond motifs is 2. The van der Waals surface area contributed by atoms with E-state index in [1.807, 2.05) is 6.92 Å². The number of allylic oxidation sites excluding steroid dienone is 1. The summed E-state index contributed by atoms with van der Waals surface area (Å²) in [6.07, 6.45) is 0.161. The number of aromatic nitrogens is 2. The Labute approximate surface area is 275 Å². The number of carbonyl (C=O) groups excluding carboxylic acids is 2. The van der Waals surface area contributed by atoms with E-state index in [9.17, 15) is 14.4 Å². The van der Waals surface area contributed by atoms with Crippen molar-refractivity contribution in [3.05, 3.63) is 90.2 Å². The first-order chi connectivity index (χ1) is 22.3. The quantitative estimate of drug-likeness (QED) is 0.290. The van der Waals surface area contributed by atoms with E-state index in [1.54, 1.807) is 32.2 Å². The smallest absolute Gasteiger partial charge is 0.332 e. The number of hydrogen-bond acceptors (Lipinski definition) is 10. The summed E-state index contributed by atoms with van der Waals surface area (Å²) < 4.78 is 31.1. The van der Waals surface area contributed by atoms with Crippen LogP contribution in [0.5, 0.6) is 28.7 Å². The van der Waals surface area contributed by atoms with Crippen molar-refractivity contribution < 1.29 is 33.3 Å². The predicted molar refractivity (Wildman–Crippen MR) is 174 cm³/mol. The molecule has 0 amide bonds. The van der Waals surface area contributed by atoms with Gasteiger partial charge in [0.1, 0.15) is 34.5 Å². The van der Waals surface area contributed by atoms with Crippen molar-refractivity contribution in [2.45, 2.75) is 31.8 Å². The van der Waals surface area contributed by atoms with Crippen LogP contribution in [0.2, 0.25) is 5.02 Å². The summed E-state index contributed by atoms with van der Waals surface area (Å²) in [7, 11) is 7.20. The van der Waals surface area contributed by atoms with Crippen molar-refractivity contribution >= 4 is 29.0 Å². The molecule has 3 atom stereocenters. The molecule has 2 aliphatic heterocycles. The van der Waals surface area contributed by atoms with Crippen molar-refractivity contribution in [1.29, 1.82) is 0 Å². The van der Waals surface area contributed by atoms with Gasteiger partial charge in [-0.2, -0.15) is 0 Å². The maximum atomic E-state index is 15.1. The molecule has 13 heteroatoms. The van der Waals surface area contributed by atoms with Gasteiger partial charge in [0.15, 0.2) is 17.2 Å². The number of benzene rings is 2. The normalized spacial score (nSPS) is 21.0. The summed E-state index contributed by atoms with van der Waals surface area (Å²) in [5.74, 6) is -1.63. The molecule has 3 aliphatic rings. The molecule has 12 nitrogen and oxygen atoms in total. The standard InChI is InChI=1S/C34H34ClN3O9/c1-15(2)14-46-19-10-9-17(12-20(19)43-6)23-24-18(36-31-26(23)32(41)38(5)33(42)37(31)4)11-16(3)34(29(24)39)30(40)25-21(44-7)13-22(45-8)27(35)28(25)47-34/h9-10,12-13,16,23,36H,1,11,14H2,2-8H3. The fraction of sp³-hybridized carbons (Fsp3) is 0.353. The topological polar surface area (TPSA) is 136 Å². The second-order valence-corrected chi connectivity index (χ2v) is 12.4. The number of rotatable bonds is 7. The molecule has 1 spiro atoms. The number of ether oxygens (including phenoxy) is 5. The first kappa shape index (κ1) is 32.0. The maximum absolute atomic E-state index is 15.1. The third-order valence-electron chi connectivity index (χ3n) is 9.07. The number of nitrogens with zero attached hydrogens (tertiary/aromatic N) is 2. The van der Waals surface area contributed by atoms with E-state index in [1.165, 1.54) is 39.0 Å². The lowest BCUT2D eigenvalue weighted by Gasteiger charge is -2.42. The Balaban J connectivity index is 1.59. The van der Waals surface area contributed by atoms with Crippen LogP contribution in [0.4, 0.5) is 5.82 Å². The van der Waals surface area contributed by atoms with Crippen LogP contribution >= 0.6 is 11.6 Å². The third kappa shape index (κ3) is 4.49. The number of Topliss-reactive ketones (excluding diaryl/α,β-unsaturated/α-hetero) is 2. The molecular formula is C34H34ClN3O9. The number of methoxy groups -OCH3 is 3. The van der Waals surface area contributed by atoms with Crippen molar-refractivity contribution in [1.82, 2.24) is 9.13 Å².